The largest absolute Gasteiger partial charge is 0.488 e. The van der Waals surface area contributed by atoms with Crippen LogP contribution in [0.3, 0.4) is 0 Å². The molecule has 8 fully saturated rings. The zero-order valence-electron chi connectivity index (χ0n) is 69.1. The summed E-state index contributed by atoms with van der Waals surface area (Å²) >= 11 is 0. The molecule has 0 spiro atoms. The highest BCUT2D eigenvalue weighted by atomic mass is 19.4. The minimum Gasteiger partial charge on any atom is -0.488 e. The Hall–Kier alpha value is -11.4. The number of hydrogen-bond donors (Lipinski definition) is 2. The molecule has 0 atom stereocenters. The van der Waals surface area contributed by atoms with Gasteiger partial charge in [0.15, 0.2) is 0 Å². The highest BCUT2D eigenvalue weighted by molar-refractivity contribution is 5.88. The van der Waals surface area contributed by atoms with Crippen LogP contribution < -0.4 is 49.2 Å². The number of anilines is 6. The first-order valence-electron chi connectivity index (χ1n) is 43.0. The molecule has 11 aromatic rings. The highest BCUT2D eigenvalue weighted by Gasteiger charge is 2.34. The van der Waals surface area contributed by atoms with Crippen LogP contribution in [-0.4, -0.2) is 220 Å². The molecule has 2 N–H and O–H groups in total. The van der Waals surface area contributed by atoms with Gasteiger partial charge in [-0.1, -0.05) is 0 Å². The number of carbonyl (C=O) groups excluding carboxylic acids is 1. The average molecular weight is 1670 g/mol. The van der Waals surface area contributed by atoms with E-state index in [9.17, 15) is 18.0 Å². The Morgan fingerprint density at radius 3 is 1.28 bits per heavy atom. The number of alkyl halides is 3. The molecule has 122 heavy (non-hydrogen) atoms. The van der Waals surface area contributed by atoms with E-state index in [0.29, 0.717) is 43.0 Å². The molecule has 11 heterocycles. The van der Waals surface area contributed by atoms with Gasteiger partial charge in [-0.15, -0.1) is 0 Å². The van der Waals surface area contributed by atoms with E-state index in [4.69, 9.17) is 47.6 Å². The van der Waals surface area contributed by atoms with Crippen LogP contribution in [0.4, 0.5) is 47.7 Å². The van der Waals surface area contributed by atoms with E-state index < -0.39 is 11.7 Å². The highest BCUT2D eigenvalue weighted by Crippen LogP contribution is 2.40. The zero-order chi connectivity index (χ0) is 83.4. The first-order valence-corrected chi connectivity index (χ1v) is 43.0. The van der Waals surface area contributed by atoms with Crippen LogP contribution in [0.5, 0.6) is 23.3 Å². The number of rotatable bonds is 19. The average Bonchev–Trinajstić information content (AvgIpc) is 0.811. The predicted molar refractivity (Wildman–Crippen MR) is 457 cm³/mol. The molecule has 7 aromatic heterocycles. The summed E-state index contributed by atoms with van der Waals surface area (Å²) in [6.45, 7) is 14.8. The van der Waals surface area contributed by atoms with Crippen LogP contribution in [-0.2, 0) is 41.1 Å². The summed E-state index contributed by atoms with van der Waals surface area (Å²) in [6.07, 6.45) is 32.0. The topological polar surface area (TPSA) is 305 Å². The Morgan fingerprint density at radius 1 is 0.418 bits per heavy atom. The van der Waals surface area contributed by atoms with Gasteiger partial charge in [-0.05, 0) is 182 Å². The molecular formula is C90H106F3N19O10. The van der Waals surface area contributed by atoms with Crippen LogP contribution in [0.15, 0.2) is 147 Å². The summed E-state index contributed by atoms with van der Waals surface area (Å²) in [5.41, 5.74) is 12.9. The minimum atomic E-state index is -4.38. The SMILES string of the molecule is COC(=O)C1CCC(Oc2cc(N3CCOCC3)cc3nccnc23)CC1.Cc1cnc2c(OC3CCC(Nc4ncccn4)CC3)cc(N3CCOCC3)cc2n1.FC(F)(F)c1ccc(NC2CCC(Oc3cc(N4CCOCC4)cc4nccnc34)CC2)nc1.c1cnc(OC2CCC(Cc3cc(N4CCOCC4)cc4nccnc34)CC2)nc1. The van der Waals surface area contributed by atoms with Gasteiger partial charge in [0.2, 0.25) is 5.95 Å². The van der Waals surface area contributed by atoms with Crippen molar-refractivity contribution >= 4 is 84.6 Å². The van der Waals surface area contributed by atoms with Gasteiger partial charge >= 0.3 is 18.2 Å². The number of esters is 1. The molecule has 4 saturated heterocycles. The molecule has 0 unspecified atom stereocenters. The fourth-order valence-electron chi connectivity index (χ4n) is 17.2. The van der Waals surface area contributed by atoms with E-state index >= 15 is 0 Å². The maximum Gasteiger partial charge on any atom is 0.417 e. The van der Waals surface area contributed by atoms with Crippen molar-refractivity contribution < 1.29 is 60.6 Å². The first kappa shape index (κ1) is 84.3. The van der Waals surface area contributed by atoms with Crippen LogP contribution in [0.25, 0.3) is 44.1 Å². The molecule has 4 aromatic carbocycles. The maximum atomic E-state index is 12.7. The van der Waals surface area contributed by atoms with Crippen LogP contribution in [0.2, 0.25) is 0 Å². The fraction of sp³-hybridized carbons (Fsp3) is 0.489. The lowest BCUT2D eigenvalue weighted by atomic mass is 9.83. The number of methoxy groups -OCH3 is 1. The van der Waals surface area contributed by atoms with Crippen molar-refractivity contribution in [3.05, 3.63) is 164 Å². The molecule has 0 amide bonds. The van der Waals surface area contributed by atoms with Gasteiger partial charge in [0, 0.05) is 180 Å². The van der Waals surface area contributed by atoms with E-state index in [2.05, 4.69) is 126 Å². The molecule has 4 aliphatic heterocycles. The number of aromatic nitrogens is 13. The smallest absolute Gasteiger partial charge is 0.417 e. The number of ether oxygens (including phenoxy) is 9. The van der Waals surface area contributed by atoms with Crippen molar-refractivity contribution in [3.8, 4) is 23.3 Å². The number of hydrogen-bond acceptors (Lipinski definition) is 29. The van der Waals surface area contributed by atoms with Crippen LogP contribution in [0, 0.1) is 18.8 Å². The summed E-state index contributed by atoms with van der Waals surface area (Å²) < 4.78 is 90.3. The number of nitrogens with one attached hydrogen (secondary N) is 2. The summed E-state index contributed by atoms with van der Waals surface area (Å²) in [5.74, 6) is 3.99. The molecule has 8 aliphatic rings. The van der Waals surface area contributed by atoms with Crippen LogP contribution >= 0.6 is 0 Å². The molecule has 4 saturated carbocycles. The van der Waals surface area contributed by atoms with Gasteiger partial charge in [-0.2, -0.15) is 13.2 Å². The summed E-state index contributed by atoms with van der Waals surface area (Å²) in [4.78, 5) is 78.4. The van der Waals surface area contributed by atoms with Gasteiger partial charge in [-0.25, -0.2) is 44.9 Å². The van der Waals surface area contributed by atoms with Crippen LogP contribution in [0.1, 0.15) is 120 Å². The molecule has 0 radical (unpaired) electrons. The van der Waals surface area contributed by atoms with E-state index in [1.807, 2.05) is 37.4 Å². The Labute approximate surface area is 707 Å². The quantitative estimate of drug-likeness (QED) is 0.0711. The van der Waals surface area contributed by atoms with Crippen molar-refractivity contribution in [2.24, 2.45) is 11.8 Å². The predicted octanol–water partition coefficient (Wildman–Crippen LogP) is 14.1. The second-order valence-electron chi connectivity index (χ2n) is 32.1. The van der Waals surface area contributed by atoms with E-state index in [-0.39, 0.29) is 42.3 Å². The summed E-state index contributed by atoms with van der Waals surface area (Å²) in [6, 6.07) is 24.0. The van der Waals surface area contributed by atoms with Crippen molar-refractivity contribution in [1.29, 1.82) is 0 Å². The zero-order valence-corrected chi connectivity index (χ0v) is 69.1. The number of nitrogens with zero attached hydrogens (tertiary/aromatic N) is 17. The Balaban J connectivity index is 0.000000121. The number of morpholine rings is 4. The lowest BCUT2D eigenvalue weighted by molar-refractivity contribution is -0.147. The number of pyridine rings is 1. The third kappa shape index (κ3) is 22.5. The van der Waals surface area contributed by atoms with Crippen molar-refractivity contribution in [2.75, 3.05) is 143 Å². The summed E-state index contributed by atoms with van der Waals surface area (Å²) in [5, 5.41) is 6.69. The third-order valence-corrected chi connectivity index (χ3v) is 23.8. The fourth-order valence-corrected chi connectivity index (χ4v) is 17.2. The number of aryl methyl sites for hydroxylation is 1. The third-order valence-electron chi connectivity index (χ3n) is 23.8. The Morgan fingerprint density at radius 2 is 0.820 bits per heavy atom. The Bertz CT molecular complexity index is 5180. The molecule has 0 bridgehead atoms. The lowest BCUT2D eigenvalue weighted by Gasteiger charge is -2.31. The van der Waals surface area contributed by atoms with Gasteiger partial charge in [0.05, 0.1) is 123 Å². The molecule has 19 rings (SSSR count). The van der Waals surface area contributed by atoms with Crippen molar-refractivity contribution in [3.63, 3.8) is 0 Å². The number of halogens is 3. The number of carbonyl (C=O) groups is 1. The molecule has 4 aliphatic carbocycles. The number of fused-ring (bicyclic) bond motifs is 4. The van der Waals surface area contributed by atoms with Gasteiger partial charge in [0.25, 0.3) is 0 Å². The van der Waals surface area contributed by atoms with E-state index in [1.54, 1.807) is 62.0 Å². The summed E-state index contributed by atoms with van der Waals surface area (Å²) in [7, 11) is 1.45. The van der Waals surface area contributed by atoms with E-state index in [0.717, 1.165) is 298 Å². The lowest BCUT2D eigenvalue weighted by Crippen LogP contribution is -2.36. The van der Waals surface area contributed by atoms with Gasteiger partial charge < -0.3 is 72.9 Å². The molecule has 29 nitrogen and oxygen atoms in total. The standard InChI is InChI=1S/C24H26F3N5O2.C23H28N6O2.C23H27N5O2.C20H25N3O4/c25-24(26,27)16-1-6-22(30-15-16)31-17-2-4-19(5-3-17)34-21-14-18(32-9-11-33-12-10-32)13-20-23(21)29-8-7-28-20;1-16-15-26-22-20(27-16)13-18(29-9-11-30-12-10-29)14-21(22)31-19-5-3-17(4-6-19)28-23-24-7-2-8-25-23;1-6-26-23(27-7-1)30-20-4-2-17(3-5-20)14-18-15-19(28-10-12-29-13-11-28)16-21-22(18)25-9-8-24-21;1-25-20(24)14-2-4-16(5-3-14)27-18-13-15(23-8-10-26-11-9-23)12-17-19(18)22-7-6-21-17/h1,6-8,13-15,17,19H,2-5,9-12H2,(H,30,31);2,7-8,13-15,17,19H,3-6,9-12H2,1H3,(H,24,25,28);1,6-9,15-17,20H,2-5,10-14H2;6-7,12-14,16H,2-5,8-11H2,1H3. The second-order valence-corrected chi connectivity index (χ2v) is 32.1. The van der Waals surface area contributed by atoms with E-state index in [1.165, 1.54) is 24.4 Å². The maximum absolute atomic E-state index is 12.7. The first-order chi connectivity index (χ1) is 59.8. The minimum absolute atomic E-state index is 0.00827. The van der Waals surface area contributed by atoms with Crippen molar-refractivity contribution in [1.82, 2.24) is 64.8 Å². The van der Waals surface area contributed by atoms with Crippen molar-refractivity contribution in [2.45, 2.75) is 159 Å². The molecular weight excluding hydrogens is 1560 g/mol. The normalized spacial score (nSPS) is 22.1. The second kappa shape index (κ2) is 41.0. The Kier molecular flexibility index (Phi) is 28.3. The monoisotopic (exact) mass is 1670 g/mol. The number of benzene rings is 4. The molecule has 642 valence electrons. The van der Waals surface area contributed by atoms with Gasteiger partial charge in [0.1, 0.15) is 45.7 Å². The van der Waals surface area contributed by atoms with Gasteiger partial charge in [-0.3, -0.25) is 24.7 Å². The molecule has 32 heteroatoms.